The van der Waals surface area contributed by atoms with Gasteiger partial charge in [-0.15, -0.1) is 0 Å². The lowest BCUT2D eigenvalue weighted by molar-refractivity contribution is 0.0464. The summed E-state index contributed by atoms with van der Waals surface area (Å²) in [6.45, 7) is -1.20. The number of benzene rings is 2. The number of fused-ring (bicyclic) bond motifs is 1. The molecule has 0 fully saturated rings. The molecule has 0 N–H and O–H groups in total. The summed E-state index contributed by atoms with van der Waals surface area (Å²) in [5.74, 6) is -11.9. The van der Waals surface area contributed by atoms with E-state index in [1.54, 1.807) is 0 Å². The second-order valence-corrected chi connectivity index (χ2v) is 6.12. The summed E-state index contributed by atoms with van der Waals surface area (Å²) in [7, 11) is 0. The van der Waals surface area contributed by atoms with Crippen LogP contribution in [0, 0.1) is 29.1 Å². The van der Waals surface area contributed by atoms with Crippen molar-refractivity contribution in [3.63, 3.8) is 0 Å². The molecule has 0 spiro atoms. The first-order chi connectivity index (χ1) is 12.7. The van der Waals surface area contributed by atoms with Crippen LogP contribution in [-0.2, 0) is 11.3 Å². The number of rotatable bonds is 3. The largest absolute Gasteiger partial charge is 0.457 e. The number of pyridine rings is 1. The van der Waals surface area contributed by atoms with Gasteiger partial charge >= 0.3 is 5.97 Å². The standard InChI is InChI=1S/C17H6Cl2F5NO2/c18-7-3-6-1-2-9(19)10(16(6)25-4-7)17(26)27-5-8-11(20)13(22)15(24)14(23)12(8)21/h1-4H,5H2. The molecule has 0 unspecified atom stereocenters. The SMILES string of the molecule is O=C(OCc1c(F)c(F)c(F)c(F)c1F)c1c(Cl)ccc2cc(Cl)cnc12. The highest BCUT2D eigenvalue weighted by molar-refractivity contribution is 6.35. The van der Waals surface area contributed by atoms with Gasteiger partial charge in [-0.2, -0.15) is 0 Å². The molecule has 0 atom stereocenters. The zero-order valence-electron chi connectivity index (χ0n) is 12.9. The summed E-state index contributed by atoms with van der Waals surface area (Å²) in [6, 6.07) is 4.36. The van der Waals surface area contributed by atoms with E-state index in [2.05, 4.69) is 4.98 Å². The predicted molar refractivity (Wildman–Crippen MR) is 87.1 cm³/mol. The minimum atomic E-state index is -2.31. The zero-order valence-corrected chi connectivity index (χ0v) is 14.4. The van der Waals surface area contributed by atoms with Crippen molar-refractivity contribution in [1.82, 2.24) is 4.98 Å². The Morgan fingerprint density at radius 3 is 2.19 bits per heavy atom. The Labute approximate surface area is 158 Å². The van der Waals surface area contributed by atoms with Crippen LogP contribution >= 0.6 is 23.2 Å². The number of hydrogen-bond acceptors (Lipinski definition) is 3. The maximum Gasteiger partial charge on any atom is 0.342 e. The molecule has 1 aromatic heterocycles. The van der Waals surface area contributed by atoms with Gasteiger partial charge in [-0.05, 0) is 12.1 Å². The van der Waals surface area contributed by atoms with E-state index in [1.165, 1.54) is 24.4 Å². The summed E-state index contributed by atoms with van der Waals surface area (Å²) in [6.07, 6.45) is 1.24. The van der Waals surface area contributed by atoms with Crippen LogP contribution in [0.4, 0.5) is 22.0 Å². The van der Waals surface area contributed by atoms with Gasteiger partial charge in [-0.3, -0.25) is 4.98 Å². The van der Waals surface area contributed by atoms with E-state index in [-0.39, 0.29) is 21.1 Å². The zero-order chi connectivity index (χ0) is 19.9. The van der Waals surface area contributed by atoms with Gasteiger partial charge in [0.15, 0.2) is 23.3 Å². The van der Waals surface area contributed by atoms with Crippen molar-refractivity contribution in [2.75, 3.05) is 0 Å². The van der Waals surface area contributed by atoms with Crippen LogP contribution in [0.25, 0.3) is 10.9 Å². The lowest BCUT2D eigenvalue weighted by Gasteiger charge is -2.11. The Bertz CT molecular complexity index is 1060. The molecule has 0 bridgehead atoms. The van der Waals surface area contributed by atoms with E-state index in [1.807, 2.05) is 0 Å². The minimum Gasteiger partial charge on any atom is -0.457 e. The fourth-order valence-electron chi connectivity index (χ4n) is 2.33. The first-order valence-corrected chi connectivity index (χ1v) is 7.89. The molecule has 140 valence electrons. The number of ether oxygens (including phenoxy) is 1. The molecule has 27 heavy (non-hydrogen) atoms. The molecule has 3 aromatic rings. The van der Waals surface area contributed by atoms with Gasteiger partial charge in [0.2, 0.25) is 5.82 Å². The summed E-state index contributed by atoms with van der Waals surface area (Å²) < 4.78 is 71.5. The number of carbonyl (C=O) groups is 1. The average molecular weight is 422 g/mol. The highest BCUT2D eigenvalue weighted by atomic mass is 35.5. The van der Waals surface area contributed by atoms with Crippen molar-refractivity contribution >= 4 is 40.1 Å². The van der Waals surface area contributed by atoms with E-state index in [9.17, 15) is 26.7 Å². The van der Waals surface area contributed by atoms with Crippen molar-refractivity contribution < 1.29 is 31.5 Å². The Hall–Kier alpha value is -2.45. The van der Waals surface area contributed by atoms with Crippen LogP contribution in [0.15, 0.2) is 24.4 Å². The normalized spacial score (nSPS) is 11.1. The molecule has 3 rings (SSSR count). The molecule has 0 saturated carbocycles. The van der Waals surface area contributed by atoms with Crippen molar-refractivity contribution in [3.8, 4) is 0 Å². The first-order valence-electron chi connectivity index (χ1n) is 7.13. The van der Waals surface area contributed by atoms with Crippen LogP contribution in [-0.4, -0.2) is 11.0 Å². The monoisotopic (exact) mass is 421 g/mol. The average Bonchev–Trinajstić information content (AvgIpc) is 2.64. The molecule has 1 heterocycles. The molecule has 3 nitrogen and oxygen atoms in total. The number of halogens is 7. The van der Waals surface area contributed by atoms with E-state index in [0.717, 1.165) is 0 Å². The number of esters is 1. The molecule has 10 heteroatoms. The Morgan fingerprint density at radius 1 is 0.963 bits per heavy atom. The van der Waals surface area contributed by atoms with Crippen LogP contribution < -0.4 is 0 Å². The second-order valence-electron chi connectivity index (χ2n) is 5.27. The van der Waals surface area contributed by atoms with Gasteiger partial charge in [0.05, 0.1) is 21.1 Å². The quantitative estimate of drug-likeness (QED) is 0.239. The molecule has 2 aromatic carbocycles. The van der Waals surface area contributed by atoms with Crippen molar-refractivity contribution in [2.24, 2.45) is 0 Å². The number of hydrogen-bond donors (Lipinski definition) is 0. The summed E-state index contributed by atoms with van der Waals surface area (Å²) in [5.41, 5.74) is -1.43. The number of carbonyl (C=O) groups excluding carboxylic acids is 1. The predicted octanol–water partition coefficient (Wildman–Crippen LogP) is 5.59. The van der Waals surface area contributed by atoms with Crippen LogP contribution in [0.2, 0.25) is 10.0 Å². The highest BCUT2D eigenvalue weighted by Gasteiger charge is 2.27. The molecule has 0 radical (unpaired) electrons. The van der Waals surface area contributed by atoms with Crippen LogP contribution in [0.3, 0.4) is 0 Å². The minimum absolute atomic E-state index is 0.0836. The molecule has 0 aliphatic carbocycles. The third-order valence-electron chi connectivity index (χ3n) is 3.62. The number of nitrogens with zero attached hydrogens (tertiary/aromatic N) is 1. The summed E-state index contributed by atoms with van der Waals surface area (Å²) in [4.78, 5) is 16.3. The van der Waals surface area contributed by atoms with Gasteiger partial charge < -0.3 is 4.74 Å². The molecular formula is C17H6Cl2F5NO2. The third kappa shape index (κ3) is 3.42. The van der Waals surface area contributed by atoms with Crippen molar-refractivity contribution in [3.05, 3.63) is 74.7 Å². The molecular weight excluding hydrogens is 416 g/mol. The third-order valence-corrected chi connectivity index (χ3v) is 4.14. The van der Waals surface area contributed by atoms with Gasteiger partial charge in [0, 0.05) is 11.6 Å². The topological polar surface area (TPSA) is 39.2 Å². The molecule has 0 aliphatic rings. The molecule has 0 aliphatic heterocycles. The number of aromatic nitrogens is 1. The first kappa shape index (κ1) is 19.3. The van der Waals surface area contributed by atoms with Crippen LogP contribution in [0.1, 0.15) is 15.9 Å². The molecule has 0 saturated heterocycles. The van der Waals surface area contributed by atoms with Gasteiger partial charge in [-0.1, -0.05) is 29.3 Å². The smallest absolute Gasteiger partial charge is 0.342 e. The maximum absolute atomic E-state index is 13.7. The van der Waals surface area contributed by atoms with Crippen molar-refractivity contribution in [1.29, 1.82) is 0 Å². The highest BCUT2D eigenvalue weighted by Crippen LogP contribution is 2.28. The Morgan fingerprint density at radius 2 is 1.56 bits per heavy atom. The Kier molecular flexibility index (Phi) is 5.21. The van der Waals surface area contributed by atoms with E-state index >= 15 is 0 Å². The maximum atomic E-state index is 13.7. The summed E-state index contributed by atoms with van der Waals surface area (Å²) >= 11 is 11.8. The van der Waals surface area contributed by atoms with E-state index in [4.69, 9.17) is 27.9 Å². The summed E-state index contributed by atoms with van der Waals surface area (Å²) in [5, 5.41) is 0.625. The molecule has 0 amide bonds. The lowest BCUT2D eigenvalue weighted by Crippen LogP contribution is -2.12. The fourth-order valence-corrected chi connectivity index (χ4v) is 2.73. The van der Waals surface area contributed by atoms with Gasteiger partial charge in [-0.25, -0.2) is 26.7 Å². The fraction of sp³-hybridized carbons (Fsp3) is 0.0588. The van der Waals surface area contributed by atoms with Crippen molar-refractivity contribution in [2.45, 2.75) is 6.61 Å². The second kappa shape index (κ2) is 7.28. The lowest BCUT2D eigenvalue weighted by atomic mass is 10.1. The van der Waals surface area contributed by atoms with Gasteiger partial charge in [0.1, 0.15) is 12.2 Å². The Balaban J connectivity index is 1.97. The van der Waals surface area contributed by atoms with E-state index < -0.39 is 47.2 Å². The van der Waals surface area contributed by atoms with E-state index in [0.29, 0.717) is 5.39 Å². The van der Waals surface area contributed by atoms with Gasteiger partial charge in [0.25, 0.3) is 0 Å². The van der Waals surface area contributed by atoms with Crippen LogP contribution in [0.5, 0.6) is 0 Å².